The summed E-state index contributed by atoms with van der Waals surface area (Å²) in [6, 6.07) is 0. The minimum Gasteiger partial charge on any atom is -0.458 e. The number of carbonyl (C=O) groups excluding carboxylic acids is 1. The highest BCUT2D eigenvalue weighted by atomic mass is 16.6. The van der Waals surface area contributed by atoms with Crippen molar-refractivity contribution in [2.45, 2.75) is 38.2 Å². The van der Waals surface area contributed by atoms with E-state index in [-0.39, 0.29) is 5.97 Å². The molecule has 0 aromatic rings. The molecule has 0 radical (unpaired) electrons. The molecule has 1 fully saturated rings. The molecule has 0 amide bonds. The lowest BCUT2D eigenvalue weighted by Gasteiger charge is -2.38. The molecule has 1 rings (SSSR count). The first-order valence-electron chi connectivity index (χ1n) is 5.46. The molecule has 0 N–H and O–H groups in total. The number of nitrogens with zero attached hydrogens (tertiary/aromatic N) is 1. The normalized spacial score (nSPS) is 20.6. The molecule has 0 aliphatic carbocycles. The maximum Gasteiger partial charge on any atom is 0.306 e. The number of likely N-dealkylation sites (tertiary alicyclic amines) is 1. The van der Waals surface area contributed by atoms with Crippen molar-refractivity contribution in [2.24, 2.45) is 0 Å². The van der Waals surface area contributed by atoms with Crippen LogP contribution < -0.4 is 0 Å². The van der Waals surface area contributed by atoms with Crippen LogP contribution in [0.2, 0.25) is 0 Å². The van der Waals surface area contributed by atoms with Crippen LogP contribution in [0.15, 0.2) is 0 Å². The molecule has 0 atom stereocenters. The Labute approximate surface area is 91.8 Å². The first-order chi connectivity index (χ1) is 7.12. The zero-order valence-electron chi connectivity index (χ0n) is 9.58. The Morgan fingerprint density at radius 2 is 2.13 bits per heavy atom. The van der Waals surface area contributed by atoms with Gasteiger partial charge in [0.05, 0.1) is 0 Å². The van der Waals surface area contributed by atoms with E-state index in [2.05, 4.69) is 17.9 Å². The molecule has 3 nitrogen and oxygen atoms in total. The van der Waals surface area contributed by atoms with Crippen LogP contribution in [0.1, 0.15) is 32.6 Å². The highest BCUT2D eigenvalue weighted by Crippen LogP contribution is 2.29. The monoisotopic (exact) mass is 209 g/mol. The number of rotatable bonds is 3. The van der Waals surface area contributed by atoms with Crippen molar-refractivity contribution in [3.8, 4) is 12.3 Å². The first kappa shape index (κ1) is 12.1. The van der Waals surface area contributed by atoms with Crippen LogP contribution in [0.25, 0.3) is 0 Å². The minimum atomic E-state index is -0.394. The summed E-state index contributed by atoms with van der Waals surface area (Å²) in [4.78, 5) is 13.6. The molecular weight excluding hydrogens is 190 g/mol. The zero-order valence-corrected chi connectivity index (χ0v) is 9.58. The molecule has 0 saturated carbocycles. The van der Waals surface area contributed by atoms with E-state index in [1.54, 1.807) is 6.92 Å². The van der Waals surface area contributed by atoms with Crippen LogP contribution in [0.5, 0.6) is 0 Å². The van der Waals surface area contributed by atoms with Gasteiger partial charge in [0.2, 0.25) is 0 Å². The highest BCUT2D eigenvalue weighted by molar-refractivity contribution is 5.69. The van der Waals surface area contributed by atoms with Gasteiger partial charge < -0.3 is 9.64 Å². The second kappa shape index (κ2) is 5.18. The minimum absolute atomic E-state index is 0.144. The summed E-state index contributed by atoms with van der Waals surface area (Å²) in [5.41, 5.74) is -0.394. The predicted molar refractivity (Wildman–Crippen MR) is 59.3 cm³/mol. The van der Waals surface area contributed by atoms with E-state index >= 15 is 0 Å². The maximum atomic E-state index is 11.3. The number of esters is 1. The fraction of sp³-hybridized carbons (Fsp3) is 0.750. The molecule has 15 heavy (non-hydrogen) atoms. The Morgan fingerprint density at radius 1 is 1.53 bits per heavy atom. The van der Waals surface area contributed by atoms with Crippen molar-refractivity contribution in [3.63, 3.8) is 0 Å². The number of hydrogen-bond donors (Lipinski definition) is 0. The summed E-state index contributed by atoms with van der Waals surface area (Å²) in [6.45, 7) is 3.69. The number of terminal acetylenes is 1. The van der Waals surface area contributed by atoms with Gasteiger partial charge in [-0.2, -0.15) is 0 Å². The van der Waals surface area contributed by atoms with Crippen LogP contribution in [0.4, 0.5) is 0 Å². The van der Waals surface area contributed by atoms with Crippen molar-refractivity contribution in [3.05, 3.63) is 0 Å². The second-order valence-electron chi connectivity index (χ2n) is 4.19. The molecule has 1 aliphatic heterocycles. The number of ether oxygens (including phenoxy) is 1. The lowest BCUT2D eigenvalue weighted by molar-refractivity contribution is -0.163. The SMILES string of the molecule is C#CCC1(OC(=O)CC)CCN(C)CC1. The van der Waals surface area contributed by atoms with E-state index in [0.717, 1.165) is 25.9 Å². The molecule has 0 bridgehead atoms. The fourth-order valence-corrected chi connectivity index (χ4v) is 1.84. The van der Waals surface area contributed by atoms with E-state index in [1.165, 1.54) is 0 Å². The van der Waals surface area contributed by atoms with Crippen molar-refractivity contribution < 1.29 is 9.53 Å². The highest BCUT2D eigenvalue weighted by Gasteiger charge is 2.36. The van der Waals surface area contributed by atoms with E-state index in [9.17, 15) is 4.79 Å². The molecule has 0 unspecified atom stereocenters. The van der Waals surface area contributed by atoms with E-state index < -0.39 is 5.60 Å². The third kappa shape index (κ3) is 3.24. The Bertz CT molecular complexity index is 259. The van der Waals surface area contributed by atoms with Crippen LogP contribution in [-0.2, 0) is 9.53 Å². The Balaban J connectivity index is 2.63. The average Bonchev–Trinajstić information content (AvgIpc) is 2.23. The van der Waals surface area contributed by atoms with Crippen molar-refractivity contribution >= 4 is 5.97 Å². The molecular formula is C12H19NO2. The van der Waals surface area contributed by atoms with Gasteiger partial charge in [-0.15, -0.1) is 12.3 Å². The van der Waals surface area contributed by atoms with Gasteiger partial charge in [-0.1, -0.05) is 6.92 Å². The maximum absolute atomic E-state index is 11.3. The third-order valence-electron chi connectivity index (χ3n) is 2.94. The number of carbonyl (C=O) groups is 1. The average molecular weight is 209 g/mol. The van der Waals surface area contributed by atoms with Gasteiger partial charge in [0, 0.05) is 38.8 Å². The summed E-state index contributed by atoms with van der Waals surface area (Å²) in [7, 11) is 2.07. The summed E-state index contributed by atoms with van der Waals surface area (Å²) in [5.74, 6) is 2.48. The Morgan fingerprint density at radius 3 is 2.60 bits per heavy atom. The summed E-state index contributed by atoms with van der Waals surface area (Å²) >= 11 is 0. The van der Waals surface area contributed by atoms with Gasteiger partial charge >= 0.3 is 5.97 Å². The third-order valence-corrected chi connectivity index (χ3v) is 2.94. The zero-order chi connectivity index (χ0) is 11.3. The molecule has 1 saturated heterocycles. The molecule has 3 heteroatoms. The van der Waals surface area contributed by atoms with Gasteiger partial charge in [-0.05, 0) is 7.05 Å². The quantitative estimate of drug-likeness (QED) is 0.520. The number of piperidine rings is 1. The van der Waals surface area contributed by atoms with Gasteiger partial charge in [0.15, 0.2) is 0 Å². The molecule has 0 aromatic heterocycles. The lowest BCUT2D eigenvalue weighted by atomic mass is 9.88. The van der Waals surface area contributed by atoms with Gasteiger partial charge in [0.25, 0.3) is 0 Å². The van der Waals surface area contributed by atoms with Crippen LogP contribution in [0.3, 0.4) is 0 Å². The van der Waals surface area contributed by atoms with Crippen molar-refractivity contribution in [2.75, 3.05) is 20.1 Å². The van der Waals surface area contributed by atoms with Crippen molar-refractivity contribution in [1.29, 1.82) is 0 Å². The van der Waals surface area contributed by atoms with Crippen LogP contribution in [-0.4, -0.2) is 36.6 Å². The molecule has 1 aliphatic rings. The van der Waals surface area contributed by atoms with E-state index in [4.69, 9.17) is 11.2 Å². The summed E-state index contributed by atoms with van der Waals surface area (Å²) < 4.78 is 5.51. The smallest absolute Gasteiger partial charge is 0.306 e. The topological polar surface area (TPSA) is 29.5 Å². The molecule has 0 spiro atoms. The molecule has 0 aromatic carbocycles. The van der Waals surface area contributed by atoms with Crippen LogP contribution in [0, 0.1) is 12.3 Å². The second-order valence-corrected chi connectivity index (χ2v) is 4.19. The van der Waals surface area contributed by atoms with Gasteiger partial charge in [-0.3, -0.25) is 4.79 Å². The Hall–Kier alpha value is -1.01. The fourth-order valence-electron chi connectivity index (χ4n) is 1.84. The largest absolute Gasteiger partial charge is 0.458 e. The number of hydrogen-bond acceptors (Lipinski definition) is 3. The first-order valence-corrected chi connectivity index (χ1v) is 5.46. The summed E-state index contributed by atoms with van der Waals surface area (Å²) in [6.07, 6.45) is 7.99. The summed E-state index contributed by atoms with van der Waals surface area (Å²) in [5, 5.41) is 0. The Kier molecular flexibility index (Phi) is 4.16. The molecule has 84 valence electrons. The van der Waals surface area contributed by atoms with E-state index in [0.29, 0.717) is 12.8 Å². The van der Waals surface area contributed by atoms with Gasteiger partial charge in [0.1, 0.15) is 5.60 Å². The lowest BCUT2D eigenvalue weighted by Crippen LogP contribution is -2.45. The van der Waals surface area contributed by atoms with Gasteiger partial charge in [-0.25, -0.2) is 0 Å². The molecule has 1 heterocycles. The van der Waals surface area contributed by atoms with Crippen LogP contribution >= 0.6 is 0 Å². The van der Waals surface area contributed by atoms with E-state index in [1.807, 2.05) is 0 Å². The predicted octanol–water partition coefficient (Wildman–Crippen LogP) is 1.43. The standard InChI is InChI=1S/C12H19NO2/c1-4-6-12(15-11(14)5-2)7-9-13(3)10-8-12/h1H,5-10H2,2-3H3. The van der Waals surface area contributed by atoms with Crippen molar-refractivity contribution in [1.82, 2.24) is 4.90 Å².